The van der Waals surface area contributed by atoms with Crippen molar-refractivity contribution in [3.8, 4) is 0 Å². The molecule has 4 rings (SSSR count). The summed E-state index contributed by atoms with van der Waals surface area (Å²) >= 11 is 0. The summed E-state index contributed by atoms with van der Waals surface area (Å²) in [5.41, 5.74) is 7.05. The van der Waals surface area contributed by atoms with Crippen molar-refractivity contribution >= 4 is 37.8 Å². The molecule has 0 unspecified atom stereocenters. The van der Waals surface area contributed by atoms with E-state index >= 15 is 0 Å². The number of aliphatic carboxylic acids is 1. The summed E-state index contributed by atoms with van der Waals surface area (Å²) in [7, 11) is -10.7. The van der Waals surface area contributed by atoms with Gasteiger partial charge in [-0.25, -0.2) is 0 Å². The van der Waals surface area contributed by atoms with Crippen molar-refractivity contribution in [1.29, 1.82) is 0 Å². The SMILES string of the molecule is CC(=O)[O-].Cc1cc(C)cc(N2[C]N(CCN3[C]N(c4cc(C)cc(C)c4)C=N3)N=C2)c1.F[P-](F)(F)(F)(F)F.[Cu+].[Cu+]. The van der Waals surface area contributed by atoms with E-state index in [1.807, 2.05) is 9.80 Å². The predicted octanol–water partition coefficient (Wildman–Crippen LogP) is 5.88. The fourth-order valence-electron chi connectivity index (χ4n) is 3.41. The van der Waals surface area contributed by atoms with Gasteiger partial charge in [0.25, 0.3) is 0 Å². The van der Waals surface area contributed by atoms with Gasteiger partial charge in [-0.15, -0.1) is 0 Å². The number of anilines is 2. The third-order valence-electron chi connectivity index (χ3n) is 4.55. The van der Waals surface area contributed by atoms with E-state index in [0.29, 0.717) is 13.1 Å². The first-order chi connectivity index (χ1) is 17.6. The topological polar surface area (TPSA) is 77.8 Å². The van der Waals surface area contributed by atoms with E-state index in [1.165, 1.54) is 22.3 Å². The van der Waals surface area contributed by atoms with E-state index < -0.39 is 13.8 Å². The van der Waals surface area contributed by atoms with Crippen molar-refractivity contribution in [3.63, 3.8) is 0 Å². The van der Waals surface area contributed by atoms with Gasteiger partial charge in [0.15, 0.2) is 0 Å². The van der Waals surface area contributed by atoms with E-state index in [9.17, 15) is 25.2 Å². The molecule has 0 N–H and O–H groups in total. The third-order valence-corrected chi connectivity index (χ3v) is 4.55. The maximum absolute atomic E-state index is 10.7. The van der Waals surface area contributed by atoms with Gasteiger partial charge in [-0.1, -0.05) is 12.1 Å². The summed E-state index contributed by atoms with van der Waals surface area (Å²) < 4.78 is 59.2. The number of halogens is 6. The number of carbonyl (C=O) groups is 1. The Kier molecular flexibility index (Phi) is 13.3. The van der Waals surface area contributed by atoms with Crippen LogP contribution < -0.4 is 14.9 Å². The monoisotopic (exact) mass is 702 g/mol. The summed E-state index contributed by atoms with van der Waals surface area (Å²) in [6.45, 7) is 17.2. The predicted molar refractivity (Wildman–Crippen MR) is 138 cm³/mol. The summed E-state index contributed by atoms with van der Waals surface area (Å²) in [5.74, 6) is -1.08. The first-order valence-electron chi connectivity index (χ1n) is 11.3. The molecule has 17 heteroatoms. The van der Waals surface area contributed by atoms with Gasteiger partial charge in [-0.3, -0.25) is 19.8 Å². The van der Waals surface area contributed by atoms with Crippen LogP contribution >= 0.6 is 7.81 Å². The number of carboxylic acid groups (broad SMARTS) is 1. The molecule has 2 heterocycles. The van der Waals surface area contributed by atoms with Gasteiger partial charge >= 0.3 is 67.1 Å². The molecule has 2 aromatic rings. The average molecular weight is 704 g/mol. The van der Waals surface area contributed by atoms with E-state index in [1.54, 1.807) is 22.7 Å². The molecule has 234 valence electrons. The third kappa shape index (κ3) is 17.1. The van der Waals surface area contributed by atoms with Crippen molar-refractivity contribution in [3.05, 3.63) is 72.0 Å². The Balaban J connectivity index is 0.00000106. The average Bonchev–Trinajstić information content (AvgIpc) is 3.38. The first kappa shape index (κ1) is 38.5. The number of aryl methyl sites for hydroxylation is 4. The molecule has 0 bridgehead atoms. The van der Waals surface area contributed by atoms with E-state index in [-0.39, 0.29) is 34.1 Å². The molecule has 4 radical (unpaired) electrons. The maximum Gasteiger partial charge on any atom is 1.00 e. The Morgan fingerprint density at radius 2 is 0.951 bits per heavy atom. The van der Waals surface area contributed by atoms with Gasteiger partial charge in [0.2, 0.25) is 13.3 Å². The normalized spacial score (nSPS) is 15.5. The first-order valence-corrected chi connectivity index (χ1v) is 13.3. The largest absolute Gasteiger partial charge is 1.00 e. The summed E-state index contributed by atoms with van der Waals surface area (Å²) in [6.07, 6.45) is 3.58. The smallest absolute Gasteiger partial charge is 1.00 e. The van der Waals surface area contributed by atoms with Crippen LogP contribution in [0, 0.1) is 41.0 Å². The number of benzene rings is 2. The fourth-order valence-corrected chi connectivity index (χ4v) is 3.41. The zero-order valence-corrected chi connectivity index (χ0v) is 25.1. The van der Waals surface area contributed by atoms with Crippen LogP contribution in [0.5, 0.6) is 0 Å². The number of nitrogens with zero attached hydrogens (tertiary/aromatic N) is 6. The molecule has 2 aromatic carbocycles. The van der Waals surface area contributed by atoms with Gasteiger partial charge in [0.1, 0.15) is 12.7 Å². The van der Waals surface area contributed by atoms with E-state index in [4.69, 9.17) is 9.90 Å². The molecule has 0 saturated carbocycles. The maximum atomic E-state index is 9.87. The molecular formula is C24H27Cu2F6N6O2P. The van der Waals surface area contributed by atoms with Crippen LogP contribution in [0.4, 0.5) is 36.6 Å². The van der Waals surface area contributed by atoms with Crippen molar-refractivity contribution in [2.24, 2.45) is 10.2 Å². The number of hydrogen-bond donors (Lipinski definition) is 0. The molecule has 8 nitrogen and oxygen atoms in total. The Labute approximate surface area is 256 Å². The van der Waals surface area contributed by atoms with Crippen LogP contribution in [0.25, 0.3) is 0 Å². The summed E-state index contributed by atoms with van der Waals surface area (Å²) in [4.78, 5) is 12.7. The van der Waals surface area contributed by atoms with Gasteiger partial charge in [0.05, 0.1) is 13.1 Å². The zero-order valence-electron chi connectivity index (χ0n) is 22.4. The molecule has 0 aromatic heterocycles. The molecule has 0 fully saturated rings. The molecule has 2 aliphatic rings. The Morgan fingerprint density at radius 1 is 0.707 bits per heavy atom. The Morgan fingerprint density at radius 3 is 1.20 bits per heavy atom. The quantitative estimate of drug-likeness (QED) is 0.220. The van der Waals surface area contributed by atoms with Gasteiger partial charge in [0, 0.05) is 17.3 Å². The molecule has 41 heavy (non-hydrogen) atoms. The van der Waals surface area contributed by atoms with Crippen LogP contribution in [0.2, 0.25) is 0 Å². The second-order valence-electron chi connectivity index (χ2n) is 8.79. The van der Waals surface area contributed by atoms with Crippen LogP contribution in [0.3, 0.4) is 0 Å². The minimum atomic E-state index is -10.7. The van der Waals surface area contributed by atoms with Crippen LogP contribution in [-0.4, -0.2) is 41.8 Å². The van der Waals surface area contributed by atoms with Crippen molar-refractivity contribution in [2.45, 2.75) is 34.6 Å². The standard InChI is InChI=1S/C22H24N6.C2H4O2.2Cu.F6P/c1-17-7-18(2)10-21(9-17)25-13-23-27(15-25)5-6-28-16-26(14-24-28)22-11-19(3)8-20(4)12-22;1-2(3)4;;;1-7(2,3,4,5)6/h7-14H,5-6H2,1-4H3;1H3,(H,3,4);;;/q;;2*+1;-1/p-1. The van der Waals surface area contributed by atoms with E-state index in [0.717, 1.165) is 18.3 Å². The van der Waals surface area contributed by atoms with Crippen LogP contribution in [-0.2, 0) is 38.9 Å². The Bertz CT molecular complexity index is 1120. The molecule has 2 aliphatic heterocycles. The zero-order chi connectivity index (χ0) is 29.7. The van der Waals surface area contributed by atoms with Gasteiger partial charge in [-0.2, -0.15) is 10.2 Å². The number of rotatable bonds is 5. The molecule has 0 aliphatic carbocycles. The molecule has 0 spiro atoms. The molecular weight excluding hydrogens is 676 g/mol. The second kappa shape index (κ2) is 14.1. The van der Waals surface area contributed by atoms with Crippen molar-refractivity contribution in [2.75, 3.05) is 22.9 Å². The number of hydrazone groups is 2. The Hall–Kier alpha value is -2.50. The number of carbonyl (C=O) groups excluding carboxylic acids is 1. The molecule has 0 saturated heterocycles. The van der Waals surface area contributed by atoms with Crippen LogP contribution in [0.1, 0.15) is 29.2 Å². The molecule has 0 amide bonds. The van der Waals surface area contributed by atoms with Gasteiger partial charge < -0.3 is 9.90 Å². The molecule has 0 atom stereocenters. The minimum absolute atomic E-state index is 0. The van der Waals surface area contributed by atoms with Gasteiger partial charge in [-0.05, 0) is 81.1 Å². The van der Waals surface area contributed by atoms with Crippen molar-refractivity contribution in [1.82, 2.24) is 10.0 Å². The van der Waals surface area contributed by atoms with E-state index in [2.05, 4.69) is 87.6 Å². The minimum Gasteiger partial charge on any atom is 1.00 e. The van der Waals surface area contributed by atoms with Crippen LogP contribution in [0.15, 0.2) is 46.6 Å². The second-order valence-corrected chi connectivity index (χ2v) is 10.7. The number of hydrogen-bond acceptors (Lipinski definition) is 8. The summed E-state index contributed by atoms with van der Waals surface area (Å²) in [6, 6.07) is 12.8. The van der Waals surface area contributed by atoms with Crippen molar-refractivity contribution < 1.29 is 69.2 Å². The number of carboxylic acids is 1. The fraction of sp³-hybridized carbons (Fsp3) is 0.292. The summed E-state index contributed by atoms with van der Waals surface area (Å²) in [5, 5.41) is 21.3.